The lowest BCUT2D eigenvalue weighted by atomic mass is 10.0. The molecule has 0 amide bonds. The lowest BCUT2D eigenvalue weighted by Gasteiger charge is -2.03. The Bertz CT molecular complexity index is 536. The Balaban J connectivity index is 1.60. The predicted molar refractivity (Wildman–Crippen MR) is 99.7 cm³/mol. The first kappa shape index (κ1) is 18.0. The van der Waals surface area contributed by atoms with Crippen molar-refractivity contribution in [2.75, 3.05) is 0 Å². The quantitative estimate of drug-likeness (QED) is 0.388. The van der Waals surface area contributed by atoms with Crippen LogP contribution in [-0.4, -0.2) is 11.7 Å². The highest BCUT2D eigenvalue weighted by Crippen LogP contribution is 2.38. The van der Waals surface area contributed by atoms with Gasteiger partial charge < -0.3 is 4.74 Å². The van der Waals surface area contributed by atoms with E-state index in [9.17, 15) is 0 Å². The van der Waals surface area contributed by atoms with E-state index in [4.69, 9.17) is 4.74 Å². The van der Waals surface area contributed by atoms with Crippen LogP contribution in [0.4, 0.5) is 0 Å². The maximum absolute atomic E-state index is 5.64. The zero-order valence-electron chi connectivity index (χ0n) is 15.3. The molecule has 1 aromatic carbocycles. The molecule has 23 heavy (non-hydrogen) atoms. The largest absolute Gasteiger partial charge is 0.367 e. The van der Waals surface area contributed by atoms with E-state index in [1.165, 1.54) is 36.0 Å². The molecule has 1 atom stereocenters. The van der Waals surface area contributed by atoms with Crippen LogP contribution in [0.1, 0.15) is 65.4 Å². The normalized spacial score (nSPS) is 20.6. The molecule has 0 aliphatic carbocycles. The van der Waals surface area contributed by atoms with Gasteiger partial charge in [0.15, 0.2) is 0 Å². The van der Waals surface area contributed by atoms with Gasteiger partial charge in [-0.15, -0.1) is 0 Å². The Hall–Kier alpha value is -1.34. The van der Waals surface area contributed by atoms with Gasteiger partial charge >= 0.3 is 0 Å². The van der Waals surface area contributed by atoms with Crippen molar-refractivity contribution in [2.45, 2.75) is 77.9 Å². The van der Waals surface area contributed by atoms with Gasteiger partial charge in [0.05, 0.1) is 11.7 Å². The highest BCUT2D eigenvalue weighted by molar-refractivity contribution is 5.15. The van der Waals surface area contributed by atoms with Gasteiger partial charge in [0.25, 0.3) is 0 Å². The van der Waals surface area contributed by atoms with Gasteiger partial charge in [-0.3, -0.25) is 0 Å². The summed E-state index contributed by atoms with van der Waals surface area (Å²) < 4.78 is 5.64. The molecular weight excluding hydrogens is 280 g/mol. The fourth-order valence-corrected chi connectivity index (χ4v) is 2.98. The molecule has 0 aromatic heterocycles. The minimum atomic E-state index is 0.137. The third-order valence-electron chi connectivity index (χ3n) is 4.77. The molecule has 0 saturated carbocycles. The van der Waals surface area contributed by atoms with E-state index < -0.39 is 0 Å². The average Bonchev–Trinajstić information content (AvgIpc) is 3.13. The van der Waals surface area contributed by atoms with Crippen LogP contribution in [0.5, 0.6) is 0 Å². The maximum atomic E-state index is 5.64. The molecule has 1 aliphatic rings. The summed E-state index contributed by atoms with van der Waals surface area (Å²) in [5, 5.41) is 0. The minimum Gasteiger partial charge on any atom is -0.367 e. The predicted octanol–water partition coefficient (Wildman–Crippen LogP) is 6.25. The number of hydrogen-bond donors (Lipinski definition) is 0. The summed E-state index contributed by atoms with van der Waals surface area (Å²) in [5.41, 5.74) is 4.58. The van der Waals surface area contributed by atoms with Crippen LogP contribution in [0, 0.1) is 0 Å². The Morgan fingerprint density at radius 3 is 2.26 bits per heavy atom. The number of ether oxygens (including phenoxy) is 1. The molecule has 0 spiro atoms. The number of rotatable bonds is 9. The fourth-order valence-electron chi connectivity index (χ4n) is 2.98. The van der Waals surface area contributed by atoms with Gasteiger partial charge in [-0.2, -0.15) is 0 Å². The van der Waals surface area contributed by atoms with Gasteiger partial charge in [0.2, 0.25) is 0 Å². The second-order valence-electron chi connectivity index (χ2n) is 7.41. The van der Waals surface area contributed by atoms with Gasteiger partial charge in [0.1, 0.15) is 0 Å². The first-order valence-corrected chi connectivity index (χ1v) is 9.00. The van der Waals surface area contributed by atoms with Crippen LogP contribution < -0.4 is 0 Å². The van der Waals surface area contributed by atoms with Crippen LogP contribution in [0.3, 0.4) is 0 Å². The Labute approximate surface area is 142 Å². The number of aryl methyl sites for hydroxylation is 1. The topological polar surface area (TPSA) is 12.5 Å². The third kappa shape index (κ3) is 6.74. The Morgan fingerprint density at radius 1 is 1.00 bits per heavy atom. The van der Waals surface area contributed by atoms with Crippen molar-refractivity contribution < 1.29 is 4.74 Å². The van der Waals surface area contributed by atoms with Crippen molar-refractivity contribution in [1.29, 1.82) is 0 Å². The van der Waals surface area contributed by atoms with E-state index in [1.54, 1.807) is 0 Å². The first-order valence-electron chi connectivity index (χ1n) is 9.00. The molecular formula is C22H32O. The number of allylic oxidation sites excluding steroid dienone is 4. The molecule has 126 valence electrons. The van der Waals surface area contributed by atoms with E-state index in [0.717, 1.165) is 19.3 Å². The second kappa shape index (κ2) is 8.49. The molecule has 1 unspecified atom stereocenters. The number of hydrogen-bond acceptors (Lipinski definition) is 1. The monoisotopic (exact) mass is 312 g/mol. The summed E-state index contributed by atoms with van der Waals surface area (Å²) in [5.74, 6) is 0. The summed E-state index contributed by atoms with van der Waals surface area (Å²) in [4.78, 5) is 0. The van der Waals surface area contributed by atoms with Gasteiger partial charge in [-0.05, 0) is 71.8 Å². The van der Waals surface area contributed by atoms with Crippen molar-refractivity contribution >= 4 is 0 Å². The van der Waals surface area contributed by atoms with Crippen LogP contribution >= 0.6 is 0 Å². The van der Waals surface area contributed by atoms with Crippen molar-refractivity contribution in [3.05, 3.63) is 59.2 Å². The molecule has 1 heteroatoms. The van der Waals surface area contributed by atoms with Crippen molar-refractivity contribution in [2.24, 2.45) is 0 Å². The molecule has 2 rings (SSSR count). The van der Waals surface area contributed by atoms with Crippen LogP contribution in [-0.2, 0) is 11.2 Å². The number of benzene rings is 1. The Kier molecular flexibility index (Phi) is 6.65. The lowest BCUT2D eigenvalue weighted by molar-refractivity contribution is 0.320. The molecule has 1 heterocycles. The van der Waals surface area contributed by atoms with Crippen molar-refractivity contribution in [3.8, 4) is 0 Å². The highest BCUT2D eigenvalue weighted by Gasteiger charge is 2.46. The molecule has 1 saturated heterocycles. The molecule has 1 aromatic rings. The van der Waals surface area contributed by atoms with Gasteiger partial charge in [0, 0.05) is 0 Å². The van der Waals surface area contributed by atoms with E-state index in [1.807, 2.05) is 0 Å². The Morgan fingerprint density at radius 2 is 1.61 bits per heavy atom. The third-order valence-corrected chi connectivity index (χ3v) is 4.77. The second-order valence-corrected chi connectivity index (χ2v) is 7.41. The summed E-state index contributed by atoms with van der Waals surface area (Å²) in [7, 11) is 0. The standard InChI is InChI=1S/C22H32O/c1-18(12-9-15-20-13-6-5-7-14-20)10-8-11-19(2)16-17-21-22(3,4)23-21/h5-7,11-14,21H,8-10,15-17H2,1-4H3/b18-12+,19-11+. The van der Waals surface area contributed by atoms with Crippen LogP contribution in [0.2, 0.25) is 0 Å². The van der Waals surface area contributed by atoms with Crippen molar-refractivity contribution in [3.63, 3.8) is 0 Å². The highest BCUT2D eigenvalue weighted by atomic mass is 16.6. The molecule has 1 fully saturated rings. The molecule has 0 bridgehead atoms. The zero-order valence-corrected chi connectivity index (χ0v) is 15.3. The SMILES string of the molecule is C/C(=C\CCc1ccccc1)CC/C=C(\C)CCC1OC1(C)C. The maximum Gasteiger partial charge on any atom is 0.0892 e. The summed E-state index contributed by atoms with van der Waals surface area (Å²) in [6.45, 7) is 8.87. The average molecular weight is 312 g/mol. The minimum absolute atomic E-state index is 0.137. The molecule has 0 radical (unpaired) electrons. The molecule has 1 aliphatic heterocycles. The number of epoxide rings is 1. The van der Waals surface area contributed by atoms with E-state index in [-0.39, 0.29) is 5.60 Å². The van der Waals surface area contributed by atoms with Gasteiger partial charge in [-0.1, -0.05) is 53.6 Å². The fraction of sp³-hybridized carbons (Fsp3) is 0.545. The van der Waals surface area contributed by atoms with Crippen molar-refractivity contribution in [1.82, 2.24) is 0 Å². The summed E-state index contributed by atoms with van der Waals surface area (Å²) in [6, 6.07) is 10.7. The van der Waals surface area contributed by atoms with E-state index in [0.29, 0.717) is 6.10 Å². The smallest absolute Gasteiger partial charge is 0.0892 e. The van der Waals surface area contributed by atoms with Crippen LogP contribution in [0.25, 0.3) is 0 Å². The summed E-state index contributed by atoms with van der Waals surface area (Å²) in [6.07, 6.45) is 12.3. The van der Waals surface area contributed by atoms with Gasteiger partial charge in [-0.25, -0.2) is 0 Å². The summed E-state index contributed by atoms with van der Waals surface area (Å²) >= 11 is 0. The lowest BCUT2D eigenvalue weighted by Crippen LogP contribution is -2.02. The molecule has 0 N–H and O–H groups in total. The van der Waals surface area contributed by atoms with E-state index in [2.05, 4.69) is 70.2 Å². The zero-order chi connectivity index (χ0) is 16.7. The van der Waals surface area contributed by atoms with E-state index >= 15 is 0 Å². The first-order chi connectivity index (χ1) is 11.0. The molecule has 1 nitrogen and oxygen atoms in total. The van der Waals surface area contributed by atoms with Crippen LogP contribution in [0.15, 0.2) is 53.6 Å².